The Labute approximate surface area is 156 Å². The van der Waals surface area contributed by atoms with E-state index in [1.807, 2.05) is 31.2 Å². The molecule has 26 heavy (non-hydrogen) atoms. The van der Waals surface area contributed by atoms with Gasteiger partial charge in [-0.15, -0.1) is 0 Å². The van der Waals surface area contributed by atoms with Crippen LogP contribution in [0.1, 0.15) is 57.3 Å². The second-order valence-corrected chi connectivity index (χ2v) is 6.38. The molecule has 1 aromatic carbocycles. The van der Waals surface area contributed by atoms with Crippen LogP contribution >= 0.6 is 0 Å². The van der Waals surface area contributed by atoms with Gasteiger partial charge in [0.1, 0.15) is 0 Å². The van der Waals surface area contributed by atoms with Crippen LogP contribution in [-0.2, 0) is 4.79 Å². The molecule has 0 heterocycles. The molecule has 0 saturated heterocycles. The minimum atomic E-state index is -0.485. The number of nitrogens with zero attached hydrogens (tertiary/aromatic N) is 1. The van der Waals surface area contributed by atoms with Gasteiger partial charge in [-0.2, -0.15) is 0 Å². The van der Waals surface area contributed by atoms with Crippen LogP contribution in [0.15, 0.2) is 47.6 Å². The second kappa shape index (κ2) is 11.3. The quantitative estimate of drug-likeness (QED) is 0.215. The largest absolute Gasteiger partial charge is 0.372 e. The molecule has 5 heteroatoms. The summed E-state index contributed by atoms with van der Waals surface area (Å²) in [5.41, 5.74) is 4.77. The lowest BCUT2D eigenvalue weighted by molar-refractivity contribution is -0.128. The summed E-state index contributed by atoms with van der Waals surface area (Å²) in [6.07, 6.45) is 5.66. The van der Waals surface area contributed by atoms with E-state index >= 15 is 0 Å². The molecule has 0 unspecified atom stereocenters. The van der Waals surface area contributed by atoms with Gasteiger partial charge in [-0.05, 0) is 56.5 Å². The van der Waals surface area contributed by atoms with E-state index in [1.165, 1.54) is 0 Å². The number of carbonyl (C=O) groups is 2. The van der Waals surface area contributed by atoms with Crippen molar-refractivity contribution in [1.82, 2.24) is 5.48 Å². The van der Waals surface area contributed by atoms with E-state index in [0.717, 1.165) is 37.2 Å². The number of carbonyl (C=O) groups excluding carboxylic acids is 2. The van der Waals surface area contributed by atoms with Crippen molar-refractivity contribution in [2.75, 3.05) is 18.0 Å². The van der Waals surface area contributed by atoms with E-state index in [2.05, 4.69) is 18.7 Å². The molecule has 1 amide bonds. The molecule has 0 aliphatic heterocycles. The van der Waals surface area contributed by atoms with Gasteiger partial charge in [0.2, 0.25) is 5.91 Å². The summed E-state index contributed by atoms with van der Waals surface area (Å²) >= 11 is 0. The highest BCUT2D eigenvalue weighted by Gasteiger charge is 2.10. The Morgan fingerprint density at radius 1 is 1.08 bits per heavy atom. The molecule has 0 fully saturated rings. The molecule has 5 nitrogen and oxygen atoms in total. The molecule has 0 radical (unpaired) electrons. The Hall–Kier alpha value is -2.40. The lowest BCUT2D eigenvalue weighted by atomic mass is 10.0. The maximum atomic E-state index is 12.6. The number of nitrogens with one attached hydrogen (secondary N) is 1. The van der Waals surface area contributed by atoms with E-state index in [-0.39, 0.29) is 12.2 Å². The number of benzene rings is 1. The molecule has 0 atom stereocenters. The highest BCUT2D eigenvalue weighted by atomic mass is 16.5. The van der Waals surface area contributed by atoms with Crippen LogP contribution in [-0.4, -0.2) is 30.0 Å². The molecular weight excluding hydrogens is 328 g/mol. The fourth-order valence-electron chi connectivity index (χ4n) is 2.73. The molecule has 0 saturated carbocycles. The number of ketones is 1. The molecule has 142 valence electrons. The van der Waals surface area contributed by atoms with Gasteiger partial charge in [0, 0.05) is 30.8 Å². The minimum Gasteiger partial charge on any atom is -0.372 e. The molecule has 1 rings (SSSR count). The fourth-order valence-corrected chi connectivity index (χ4v) is 2.73. The van der Waals surface area contributed by atoms with E-state index < -0.39 is 5.91 Å². The van der Waals surface area contributed by atoms with Crippen molar-refractivity contribution in [2.24, 2.45) is 0 Å². The Bertz CT molecular complexity index is 654. The summed E-state index contributed by atoms with van der Waals surface area (Å²) in [4.78, 5) is 25.9. The van der Waals surface area contributed by atoms with Gasteiger partial charge in [-0.1, -0.05) is 31.6 Å². The van der Waals surface area contributed by atoms with Crippen LogP contribution in [0, 0.1) is 0 Å². The molecular formula is C21H30N2O3. The van der Waals surface area contributed by atoms with Gasteiger partial charge >= 0.3 is 0 Å². The van der Waals surface area contributed by atoms with Crippen molar-refractivity contribution in [3.8, 4) is 0 Å². The predicted molar refractivity (Wildman–Crippen MR) is 106 cm³/mol. The average molecular weight is 358 g/mol. The number of amides is 1. The van der Waals surface area contributed by atoms with E-state index in [1.54, 1.807) is 24.6 Å². The maximum Gasteiger partial charge on any atom is 0.247 e. The van der Waals surface area contributed by atoms with Crippen molar-refractivity contribution >= 4 is 17.4 Å². The summed E-state index contributed by atoms with van der Waals surface area (Å²) < 4.78 is 0. The Kier molecular flexibility index (Phi) is 9.37. The number of hydroxylamine groups is 1. The third-order valence-electron chi connectivity index (χ3n) is 4.02. The van der Waals surface area contributed by atoms with Crippen molar-refractivity contribution < 1.29 is 14.8 Å². The van der Waals surface area contributed by atoms with Crippen LogP contribution in [0.3, 0.4) is 0 Å². The first-order chi connectivity index (χ1) is 12.4. The van der Waals surface area contributed by atoms with Gasteiger partial charge in [0.25, 0.3) is 0 Å². The zero-order chi connectivity index (χ0) is 19.5. The molecule has 0 aromatic heterocycles. The molecule has 0 spiro atoms. The summed E-state index contributed by atoms with van der Waals surface area (Å²) in [5.74, 6) is -0.519. The molecule has 2 N–H and O–H groups in total. The predicted octanol–water partition coefficient (Wildman–Crippen LogP) is 4.28. The average Bonchev–Trinajstić information content (AvgIpc) is 2.65. The van der Waals surface area contributed by atoms with Crippen LogP contribution in [0.5, 0.6) is 0 Å². The van der Waals surface area contributed by atoms with Crippen molar-refractivity contribution in [2.45, 2.75) is 47.0 Å². The minimum absolute atomic E-state index is 0.0338. The Morgan fingerprint density at radius 2 is 1.65 bits per heavy atom. The van der Waals surface area contributed by atoms with Crippen molar-refractivity contribution in [1.29, 1.82) is 0 Å². The van der Waals surface area contributed by atoms with E-state index in [0.29, 0.717) is 11.1 Å². The number of anilines is 1. The topological polar surface area (TPSA) is 69.6 Å². The number of rotatable bonds is 10. The molecule has 1 aromatic rings. The first kappa shape index (κ1) is 21.6. The van der Waals surface area contributed by atoms with E-state index in [4.69, 9.17) is 5.21 Å². The van der Waals surface area contributed by atoms with Gasteiger partial charge in [0.05, 0.1) is 0 Å². The summed E-state index contributed by atoms with van der Waals surface area (Å²) in [6.45, 7) is 9.92. The van der Waals surface area contributed by atoms with Gasteiger partial charge in [0.15, 0.2) is 5.78 Å². The zero-order valence-electron chi connectivity index (χ0n) is 16.2. The smallest absolute Gasteiger partial charge is 0.247 e. The standard InChI is InChI=1S/C21H30N2O3/c1-5-13-23(14-6-2)19-10-8-18(9-11-19)21(25)17(4)15-16(3)7-12-20(24)22-26/h7-11,15,26H,5-6,12-14H2,1-4H3,(H,22,24)/b16-7+,17-15+. The molecule has 0 aliphatic rings. The Morgan fingerprint density at radius 3 is 2.15 bits per heavy atom. The lowest BCUT2D eigenvalue weighted by Crippen LogP contribution is -2.24. The van der Waals surface area contributed by atoms with Gasteiger partial charge < -0.3 is 4.90 Å². The highest BCUT2D eigenvalue weighted by Crippen LogP contribution is 2.18. The Balaban J connectivity index is 2.86. The number of allylic oxidation sites excluding steroid dienone is 3. The zero-order valence-corrected chi connectivity index (χ0v) is 16.2. The summed E-state index contributed by atoms with van der Waals surface area (Å²) in [7, 11) is 0. The first-order valence-electron chi connectivity index (χ1n) is 9.10. The lowest BCUT2D eigenvalue weighted by Gasteiger charge is -2.23. The van der Waals surface area contributed by atoms with Crippen LogP contribution in [0.4, 0.5) is 5.69 Å². The van der Waals surface area contributed by atoms with Crippen LogP contribution in [0.25, 0.3) is 0 Å². The molecule has 0 bridgehead atoms. The van der Waals surface area contributed by atoms with Crippen molar-refractivity contribution in [3.63, 3.8) is 0 Å². The second-order valence-electron chi connectivity index (χ2n) is 6.38. The fraction of sp³-hybridized carbons (Fsp3) is 0.429. The monoisotopic (exact) mass is 358 g/mol. The molecule has 0 aliphatic carbocycles. The number of hydrogen-bond donors (Lipinski definition) is 2. The third kappa shape index (κ3) is 6.84. The van der Waals surface area contributed by atoms with Crippen molar-refractivity contribution in [3.05, 3.63) is 53.1 Å². The maximum absolute atomic E-state index is 12.6. The number of hydrogen-bond acceptors (Lipinski definition) is 4. The first-order valence-corrected chi connectivity index (χ1v) is 9.10. The highest BCUT2D eigenvalue weighted by molar-refractivity contribution is 6.08. The normalized spacial score (nSPS) is 12.0. The number of Topliss-reactive ketones (excluding diaryl/α,β-unsaturated/α-hetero) is 1. The SMILES string of the molecule is CCCN(CCC)c1ccc(C(=O)/C(C)=C/C(C)=C/CC(=O)NO)cc1. The van der Waals surface area contributed by atoms with Crippen LogP contribution in [0.2, 0.25) is 0 Å². The summed E-state index contributed by atoms with van der Waals surface area (Å²) in [5, 5.41) is 8.49. The summed E-state index contributed by atoms with van der Waals surface area (Å²) in [6, 6.07) is 7.73. The third-order valence-corrected chi connectivity index (χ3v) is 4.02. The van der Waals surface area contributed by atoms with Gasteiger partial charge in [-0.3, -0.25) is 14.8 Å². The van der Waals surface area contributed by atoms with Crippen LogP contribution < -0.4 is 10.4 Å². The van der Waals surface area contributed by atoms with Gasteiger partial charge in [-0.25, -0.2) is 5.48 Å². The van der Waals surface area contributed by atoms with E-state index in [9.17, 15) is 9.59 Å².